The van der Waals surface area contributed by atoms with Gasteiger partial charge in [-0.2, -0.15) is 0 Å². The predicted octanol–water partition coefficient (Wildman–Crippen LogP) is 2.14. The molecule has 1 aromatic rings. The van der Waals surface area contributed by atoms with E-state index in [4.69, 9.17) is 9.47 Å². The standard InChI is InChI=1S/C15H21NO2/c1-17-14-3-2-12-10-16-15(9-13(12)8-14)11-4-6-18-7-5-11/h2-3,8,11,15-16H,4-7,9-10H2,1H3. The van der Waals surface area contributed by atoms with Crippen LogP contribution < -0.4 is 10.1 Å². The summed E-state index contributed by atoms with van der Waals surface area (Å²) in [4.78, 5) is 0. The number of hydrogen-bond donors (Lipinski definition) is 1. The van der Waals surface area contributed by atoms with Gasteiger partial charge in [0, 0.05) is 25.8 Å². The Bertz CT molecular complexity index is 413. The van der Waals surface area contributed by atoms with Gasteiger partial charge in [0.2, 0.25) is 0 Å². The van der Waals surface area contributed by atoms with Crippen LogP contribution >= 0.6 is 0 Å². The van der Waals surface area contributed by atoms with E-state index in [0.29, 0.717) is 6.04 Å². The van der Waals surface area contributed by atoms with Crippen molar-refractivity contribution in [2.45, 2.75) is 31.8 Å². The minimum atomic E-state index is 0.605. The van der Waals surface area contributed by atoms with Crippen LogP contribution in [0.4, 0.5) is 0 Å². The fraction of sp³-hybridized carbons (Fsp3) is 0.600. The number of nitrogens with one attached hydrogen (secondary N) is 1. The number of fused-ring (bicyclic) bond motifs is 1. The van der Waals surface area contributed by atoms with Crippen molar-refractivity contribution >= 4 is 0 Å². The van der Waals surface area contributed by atoms with E-state index >= 15 is 0 Å². The van der Waals surface area contributed by atoms with E-state index in [9.17, 15) is 0 Å². The quantitative estimate of drug-likeness (QED) is 0.868. The predicted molar refractivity (Wildman–Crippen MR) is 70.9 cm³/mol. The zero-order valence-corrected chi connectivity index (χ0v) is 10.9. The molecule has 2 aliphatic heterocycles. The van der Waals surface area contributed by atoms with Crippen molar-refractivity contribution in [1.29, 1.82) is 0 Å². The Kier molecular flexibility index (Phi) is 3.52. The van der Waals surface area contributed by atoms with E-state index in [2.05, 4.69) is 23.5 Å². The molecule has 0 saturated carbocycles. The van der Waals surface area contributed by atoms with Crippen LogP contribution in [0.2, 0.25) is 0 Å². The average Bonchev–Trinajstić information content (AvgIpc) is 2.47. The van der Waals surface area contributed by atoms with Gasteiger partial charge < -0.3 is 14.8 Å². The summed E-state index contributed by atoms with van der Waals surface area (Å²) in [7, 11) is 1.73. The zero-order chi connectivity index (χ0) is 12.4. The molecule has 1 atom stereocenters. The van der Waals surface area contributed by atoms with Crippen molar-refractivity contribution < 1.29 is 9.47 Å². The van der Waals surface area contributed by atoms with Gasteiger partial charge in [0.15, 0.2) is 0 Å². The molecular weight excluding hydrogens is 226 g/mol. The third kappa shape index (κ3) is 2.38. The molecular formula is C15H21NO2. The topological polar surface area (TPSA) is 30.5 Å². The van der Waals surface area contributed by atoms with Gasteiger partial charge in [0.05, 0.1) is 7.11 Å². The first-order valence-electron chi connectivity index (χ1n) is 6.84. The first-order valence-corrected chi connectivity index (χ1v) is 6.84. The van der Waals surface area contributed by atoms with Crippen molar-refractivity contribution in [2.24, 2.45) is 5.92 Å². The molecule has 1 aromatic carbocycles. The van der Waals surface area contributed by atoms with Crippen LogP contribution in [0.15, 0.2) is 18.2 Å². The van der Waals surface area contributed by atoms with Crippen LogP contribution in [0.3, 0.4) is 0 Å². The van der Waals surface area contributed by atoms with Crippen LogP contribution in [0.5, 0.6) is 5.75 Å². The third-order valence-electron chi connectivity index (χ3n) is 4.24. The molecule has 2 aliphatic rings. The molecule has 0 radical (unpaired) electrons. The molecule has 98 valence electrons. The highest BCUT2D eigenvalue weighted by molar-refractivity contribution is 5.37. The molecule has 3 rings (SSSR count). The first kappa shape index (κ1) is 12.0. The highest BCUT2D eigenvalue weighted by atomic mass is 16.5. The fourth-order valence-electron chi connectivity index (χ4n) is 3.09. The Labute approximate surface area is 108 Å². The highest BCUT2D eigenvalue weighted by Crippen LogP contribution is 2.28. The lowest BCUT2D eigenvalue weighted by Crippen LogP contribution is -2.43. The van der Waals surface area contributed by atoms with E-state index in [-0.39, 0.29) is 0 Å². The second-order valence-electron chi connectivity index (χ2n) is 5.28. The molecule has 0 aromatic heterocycles. The van der Waals surface area contributed by atoms with E-state index in [1.165, 1.54) is 24.0 Å². The van der Waals surface area contributed by atoms with Gasteiger partial charge in [-0.05, 0) is 48.4 Å². The largest absolute Gasteiger partial charge is 0.497 e. The summed E-state index contributed by atoms with van der Waals surface area (Å²) in [5, 5.41) is 3.69. The van der Waals surface area contributed by atoms with Gasteiger partial charge in [-0.3, -0.25) is 0 Å². The van der Waals surface area contributed by atoms with Gasteiger partial charge >= 0.3 is 0 Å². The maximum atomic E-state index is 5.45. The van der Waals surface area contributed by atoms with Crippen molar-refractivity contribution in [2.75, 3.05) is 20.3 Å². The molecule has 1 saturated heterocycles. The number of methoxy groups -OCH3 is 1. The van der Waals surface area contributed by atoms with Gasteiger partial charge in [-0.25, -0.2) is 0 Å². The third-order valence-corrected chi connectivity index (χ3v) is 4.24. The zero-order valence-electron chi connectivity index (χ0n) is 10.9. The Morgan fingerprint density at radius 1 is 1.22 bits per heavy atom. The van der Waals surface area contributed by atoms with E-state index in [1.54, 1.807) is 7.11 Å². The van der Waals surface area contributed by atoms with Crippen molar-refractivity contribution in [3.05, 3.63) is 29.3 Å². The van der Waals surface area contributed by atoms with Crippen molar-refractivity contribution in [3.8, 4) is 5.75 Å². The lowest BCUT2D eigenvalue weighted by molar-refractivity contribution is 0.0526. The Hall–Kier alpha value is -1.06. The molecule has 2 heterocycles. The molecule has 3 heteroatoms. The summed E-state index contributed by atoms with van der Waals surface area (Å²) in [6.45, 7) is 2.84. The minimum absolute atomic E-state index is 0.605. The summed E-state index contributed by atoms with van der Waals surface area (Å²) < 4.78 is 10.8. The monoisotopic (exact) mass is 247 g/mol. The average molecular weight is 247 g/mol. The summed E-state index contributed by atoms with van der Waals surface area (Å²) in [5.74, 6) is 1.74. The van der Waals surface area contributed by atoms with Crippen LogP contribution in [0.25, 0.3) is 0 Å². The lowest BCUT2D eigenvalue weighted by atomic mass is 9.84. The fourth-order valence-corrected chi connectivity index (χ4v) is 3.09. The maximum Gasteiger partial charge on any atom is 0.119 e. The first-order chi connectivity index (χ1) is 8.86. The highest BCUT2D eigenvalue weighted by Gasteiger charge is 2.27. The molecule has 18 heavy (non-hydrogen) atoms. The maximum absolute atomic E-state index is 5.45. The molecule has 1 N–H and O–H groups in total. The number of rotatable bonds is 2. The molecule has 3 nitrogen and oxygen atoms in total. The summed E-state index contributed by atoms with van der Waals surface area (Å²) in [6, 6.07) is 7.03. The van der Waals surface area contributed by atoms with Gasteiger partial charge in [0.25, 0.3) is 0 Å². The summed E-state index contributed by atoms with van der Waals surface area (Å²) in [6.07, 6.45) is 3.51. The number of ether oxygens (including phenoxy) is 2. The van der Waals surface area contributed by atoms with Crippen LogP contribution in [-0.2, 0) is 17.7 Å². The van der Waals surface area contributed by atoms with Gasteiger partial charge in [-0.15, -0.1) is 0 Å². The van der Waals surface area contributed by atoms with Crippen molar-refractivity contribution in [3.63, 3.8) is 0 Å². The SMILES string of the molecule is COc1ccc2c(c1)CC(C1CCOCC1)NC2. The Morgan fingerprint density at radius 2 is 2.06 bits per heavy atom. The molecule has 0 aliphatic carbocycles. The van der Waals surface area contributed by atoms with E-state index in [1.807, 2.05) is 0 Å². The molecule has 0 amide bonds. The van der Waals surface area contributed by atoms with E-state index < -0.39 is 0 Å². The summed E-state index contributed by atoms with van der Waals surface area (Å²) >= 11 is 0. The van der Waals surface area contributed by atoms with Crippen LogP contribution in [0, 0.1) is 5.92 Å². The smallest absolute Gasteiger partial charge is 0.119 e. The minimum Gasteiger partial charge on any atom is -0.497 e. The Morgan fingerprint density at radius 3 is 2.83 bits per heavy atom. The second-order valence-corrected chi connectivity index (χ2v) is 5.28. The summed E-state index contributed by atoms with van der Waals surface area (Å²) in [5.41, 5.74) is 2.86. The second kappa shape index (κ2) is 5.29. The molecule has 1 fully saturated rings. The number of hydrogen-bond acceptors (Lipinski definition) is 3. The Balaban J connectivity index is 1.74. The normalized spacial score (nSPS) is 24.6. The van der Waals surface area contributed by atoms with E-state index in [0.717, 1.165) is 37.8 Å². The molecule has 0 bridgehead atoms. The van der Waals surface area contributed by atoms with Crippen molar-refractivity contribution in [1.82, 2.24) is 5.32 Å². The van der Waals surface area contributed by atoms with Gasteiger partial charge in [-0.1, -0.05) is 6.07 Å². The van der Waals surface area contributed by atoms with Crippen LogP contribution in [-0.4, -0.2) is 26.4 Å². The van der Waals surface area contributed by atoms with Gasteiger partial charge in [0.1, 0.15) is 5.75 Å². The molecule has 0 spiro atoms. The molecule has 1 unspecified atom stereocenters. The van der Waals surface area contributed by atoms with Crippen LogP contribution in [0.1, 0.15) is 24.0 Å². The lowest BCUT2D eigenvalue weighted by Gasteiger charge is -2.34. The number of benzene rings is 1.